The van der Waals surface area contributed by atoms with Crippen molar-refractivity contribution in [2.45, 2.75) is 6.54 Å². The molecule has 0 spiro atoms. The van der Waals surface area contributed by atoms with Crippen molar-refractivity contribution in [2.75, 3.05) is 46.4 Å². The number of piperazine rings is 1. The number of hydrogen-bond donors (Lipinski definition) is 0. The van der Waals surface area contributed by atoms with E-state index in [4.69, 9.17) is 14.0 Å². The summed E-state index contributed by atoms with van der Waals surface area (Å²) in [6.45, 7) is 6.29. The van der Waals surface area contributed by atoms with E-state index in [1.54, 1.807) is 18.4 Å². The molecule has 0 aliphatic carbocycles. The third-order valence-corrected chi connectivity index (χ3v) is 5.49. The van der Waals surface area contributed by atoms with Gasteiger partial charge in [0.1, 0.15) is 18.1 Å². The van der Waals surface area contributed by atoms with Crippen LogP contribution < -0.4 is 9.47 Å². The molecule has 148 valence electrons. The van der Waals surface area contributed by atoms with E-state index >= 15 is 0 Å². The van der Waals surface area contributed by atoms with Gasteiger partial charge in [-0.3, -0.25) is 9.80 Å². The van der Waals surface area contributed by atoms with Crippen LogP contribution in [-0.2, 0) is 6.54 Å². The fraction of sp³-hybridized carbons (Fsp3) is 0.400. The molecule has 0 bridgehead atoms. The van der Waals surface area contributed by atoms with Crippen LogP contribution in [0, 0.1) is 0 Å². The summed E-state index contributed by atoms with van der Waals surface area (Å²) in [5.74, 6) is 3.06. The zero-order valence-electron chi connectivity index (χ0n) is 15.9. The van der Waals surface area contributed by atoms with Gasteiger partial charge in [0.2, 0.25) is 11.7 Å². The Morgan fingerprint density at radius 3 is 2.50 bits per heavy atom. The average molecular weight is 401 g/mol. The van der Waals surface area contributed by atoms with Crippen LogP contribution in [0.4, 0.5) is 0 Å². The van der Waals surface area contributed by atoms with E-state index in [-0.39, 0.29) is 0 Å². The Hall–Kier alpha value is -2.42. The monoisotopic (exact) mass is 400 g/mol. The molecule has 7 nitrogen and oxygen atoms in total. The average Bonchev–Trinajstić information content (AvgIpc) is 3.42. The van der Waals surface area contributed by atoms with Crippen LogP contribution in [0.3, 0.4) is 0 Å². The van der Waals surface area contributed by atoms with Crippen molar-refractivity contribution >= 4 is 11.3 Å². The van der Waals surface area contributed by atoms with E-state index in [0.717, 1.165) is 49.8 Å². The molecule has 1 aliphatic heterocycles. The van der Waals surface area contributed by atoms with Crippen LogP contribution in [0.5, 0.6) is 11.5 Å². The lowest BCUT2D eigenvalue weighted by Crippen LogP contribution is -2.47. The van der Waals surface area contributed by atoms with E-state index in [2.05, 4.69) is 19.9 Å². The highest BCUT2D eigenvalue weighted by atomic mass is 32.1. The topological polar surface area (TPSA) is 63.9 Å². The quantitative estimate of drug-likeness (QED) is 0.576. The lowest BCUT2D eigenvalue weighted by Gasteiger charge is -2.33. The van der Waals surface area contributed by atoms with Gasteiger partial charge in [-0.25, -0.2) is 0 Å². The molecule has 0 unspecified atom stereocenters. The summed E-state index contributed by atoms with van der Waals surface area (Å²) in [4.78, 5) is 9.28. The number of benzene rings is 1. The predicted molar refractivity (Wildman–Crippen MR) is 108 cm³/mol. The molecule has 0 N–H and O–H groups in total. The molecular formula is C20H24N4O3S. The smallest absolute Gasteiger partial charge is 0.241 e. The van der Waals surface area contributed by atoms with Gasteiger partial charge < -0.3 is 14.0 Å². The number of thiophene rings is 1. The number of methoxy groups -OCH3 is 1. The maximum Gasteiger partial charge on any atom is 0.241 e. The minimum Gasteiger partial charge on any atom is -0.497 e. The second-order valence-electron chi connectivity index (χ2n) is 6.67. The lowest BCUT2D eigenvalue weighted by molar-refractivity contribution is 0.104. The van der Waals surface area contributed by atoms with Gasteiger partial charge in [0.15, 0.2) is 0 Å². The maximum absolute atomic E-state index is 5.83. The zero-order chi connectivity index (χ0) is 19.2. The highest BCUT2D eigenvalue weighted by Gasteiger charge is 2.19. The number of nitrogens with zero attached hydrogens (tertiary/aromatic N) is 4. The maximum atomic E-state index is 5.83. The van der Waals surface area contributed by atoms with Crippen molar-refractivity contribution < 1.29 is 14.0 Å². The summed E-state index contributed by atoms with van der Waals surface area (Å²) in [7, 11) is 1.66. The first-order valence-electron chi connectivity index (χ1n) is 9.37. The normalized spacial score (nSPS) is 15.6. The fourth-order valence-corrected chi connectivity index (χ4v) is 3.79. The molecule has 0 amide bonds. The Balaban J connectivity index is 1.17. The molecule has 0 atom stereocenters. The van der Waals surface area contributed by atoms with Crippen molar-refractivity contribution in [1.29, 1.82) is 0 Å². The second kappa shape index (κ2) is 9.18. The second-order valence-corrected chi connectivity index (χ2v) is 7.45. The van der Waals surface area contributed by atoms with E-state index in [0.29, 0.717) is 24.9 Å². The molecule has 1 aromatic carbocycles. The zero-order valence-corrected chi connectivity index (χ0v) is 16.7. The first-order valence-corrected chi connectivity index (χ1v) is 10.3. The Morgan fingerprint density at radius 2 is 1.79 bits per heavy atom. The number of ether oxygens (including phenoxy) is 2. The Bertz CT molecular complexity index is 843. The summed E-state index contributed by atoms with van der Waals surface area (Å²) in [5.41, 5.74) is 1.02. The lowest BCUT2D eigenvalue weighted by atomic mass is 10.3. The molecule has 1 aliphatic rings. The van der Waals surface area contributed by atoms with Crippen LogP contribution in [0.1, 0.15) is 5.89 Å². The molecule has 1 fully saturated rings. The Kier molecular flexibility index (Phi) is 6.20. The van der Waals surface area contributed by atoms with Gasteiger partial charge in [-0.05, 0) is 35.7 Å². The third kappa shape index (κ3) is 4.89. The summed E-state index contributed by atoms with van der Waals surface area (Å²) < 4.78 is 16.4. The largest absolute Gasteiger partial charge is 0.497 e. The molecule has 3 aromatic rings. The van der Waals surface area contributed by atoms with Gasteiger partial charge in [0.05, 0.1) is 13.7 Å². The third-order valence-electron chi connectivity index (χ3n) is 4.81. The minimum atomic E-state index is 0.672. The van der Waals surface area contributed by atoms with Crippen molar-refractivity contribution in [3.63, 3.8) is 0 Å². The van der Waals surface area contributed by atoms with Gasteiger partial charge >= 0.3 is 0 Å². The number of aromatic nitrogens is 2. The van der Waals surface area contributed by atoms with Crippen LogP contribution in [-0.4, -0.2) is 66.4 Å². The molecule has 0 saturated carbocycles. The summed E-state index contributed by atoms with van der Waals surface area (Å²) in [6, 6.07) is 9.70. The van der Waals surface area contributed by atoms with Gasteiger partial charge in [-0.2, -0.15) is 16.3 Å². The molecule has 2 aromatic heterocycles. The first kappa shape index (κ1) is 18.9. The molecule has 0 radical (unpaired) electrons. The molecule has 3 heterocycles. The predicted octanol–water partition coefficient (Wildman–Crippen LogP) is 3.00. The summed E-state index contributed by atoms with van der Waals surface area (Å²) in [5, 5.41) is 8.12. The molecule has 4 rings (SSSR count). The molecule has 1 saturated heterocycles. The molecule has 8 heteroatoms. The SMILES string of the molecule is COc1ccc(OCCN2CCN(Cc3nc(-c4ccsc4)no3)CC2)cc1. The van der Waals surface area contributed by atoms with Crippen LogP contribution in [0.15, 0.2) is 45.6 Å². The van der Waals surface area contributed by atoms with Crippen molar-refractivity contribution in [2.24, 2.45) is 0 Å². The highest BCUT2D eigenvalue weighted by Crippen LogP contribution is 2.19. The number of rotatable bonds is 8. The first-order chi connectivity index (χ1) is 13.8. The van der Waals surface area contributed by atoms with Gasteiger partial charge in [-0.1, -0.05) is 5.16 Å². The van der Waals surface area contributed by atoms with Crippen LogP contribution in [0.25, 0.3) is 11.4 Å². The minimum absolute atomic E-state index is 0.672. The van der Waals surface area contributed by atoms with Crippen molar-refractivity contribution in [3.05, 3.63) is 47.0 Å². The standard InChI is InChI=1S/C20H24N4O3S/c1-25-17-2-4-18(5-3-17)26-12-11-23-7-9-24(10-8-23)14-19-21-20(22-27-19)16-6-13-28-15-16/h2-6,13,15H,7-12,14H2,1H3. The van der Waals surface area contributed by atoms with Crippen LogP contribution in [0.2, 0.25) is 0 Å². The highest BCUT2D eigenvalue weighted by molar-refractivity contribution is 7.08. The van der Waals surface area contributed by atoms with Gasteiger partial charge in [-0.15, -0.1) is 0 Å². The van der Waals surface area contributed by atoms with E-state index in [1.165, 1.54) is 0 Å². The van der Waals surface area contributed by atoms with Gasteiger partial charge in [0, 0.05) is 43.7 Å². The number of hydrogen-bond acceptors (Lipinski definition) is 8. The van der Waals surface area contributed by atoms with Gasteiger partial charge in [0.25, 0.3) is 0 Å². The molecule has 28 heavy (non-hydrogen) atoms. The van der Waals surface area contributed by atoms with E-state index in [1.807, 2.05) is 41.1 Å². The van der Waals surface area contributed by atoms with Crippen LogP contribution >= 0.6 is 11.3 Å². The fourth-order valence-electron chi connectivity index (χ4n) is 3.15. The van der Waals surface area contributed by atoms with Crippen molar-refractivity contribution in [3.8, 4) is 22.9 Å². The van der Waals surface area contributed by atoms with E-state index < -0.39 is 0 Å². The Labute approximate surface area is 168 Å². The summed E-state index contributed by atoms with van der Waals surface area (Å²) in [6.07, 6.45) is 0. The van der Waals surface area contributed by atoms with Crippen molar-refractivity contribution in [1.82, 2.24) is 19.9 Å². The van der Waals surface area contributed by atoms with E-state index in [9.17, 15) is 0 Å². The molecular weight excluding hydrogens is 376 g/mol. The Morgan fingerprint density at radius 1 is 1.04 bits per heavy atom. The summed E-state index contributed by atoms with van der Waals surface area (Å²) >= 11 is 1.63.